The minimum Gasteiger partial charge on any atom is -0.460 e. The fourth-order valence-corrected chi connectivity index (χ4v) is 2.47. The van der Waals surface area contributed by atoms with Gasteiger partial charge in [0.2, 0.25) is 0 Å². The first-order chi connectivity index (χ1) is 11.0. The summed E-state index contributed by atoms with van der Waals surface area (Å²) in [5, 5.41) is 3.00. The van der Waals surface area contributed by atoms with Gasteiger partial charge in [-0.15, -0.1) is 0 Å². The average molecular weight is 314 g/mol. The summed E-state index contributed by atoms with van der Waals surface area (Å²) in [4.78, 5) is 24.7. The van der Waals surface area contributed by atoms with Crippen LogP contribution in [0.1, 0.15) is 21.7 Å². The number of hydrogen-bond acceptors (Lipinski definition) is 3. The van der Waals surface area contributed by atoms with Gasteiger partial charge < -0.3 is 14.3 Å². The molecule has 0 bridgehead atoms. The van der Waals surface area contributed by atoms with Gasteiger partial charge in [0.05, 0.1) is 10.9 Å². The number of fused-ring (bicyclic) bond motifs is 1. The molecule has 1 amide bonds. The molecule has 2 heterocycles. The zero-order chi connectivity index (χ0) is 16.6. The van der Waals surface area contributed by atoms with Gasteiger partial charge in [-0.3, -0.25) is 9.59 Å². The molecule has 0 atom stereocenters. The molecule has 0 aliphatic carbocycles. The van der Waals surface area contributed by atoms with Gasteiger partial charge in [0.25, 0.3) is 11.5 Å². The van der Waals surface area contributed by atoms with Crippen molar-refractivity contribution in [3.05, 3.63) is 69.6 Å². The van der Waals surface area contributed by atoms with Crippen molar-refractivity contribution in [3.63, 3.8) is 0 Å². The van der Waals surface area contributed by atoms with E-state index in [0.717, 1.165) is 5.56 Å². The summed E-state index contributed by atoms with van der Waals surface area (Å²) < 4.78 is 19.8. The van der Waals surface area contributed by atoms with E-state index in [4.69, 9.17) is 4.42 Å². The largest absolute Gasteiger partial charge is 0.460 e. The summed E-state index contributed by atoms with van der Waals surface area (Å²) in [5.41, 5.74) is 1.10. The van der Waals surface area contributed by atoms with Crippen LogP contribution >= 0.6 is 0 Å². The molecule has 1 N–H and O–H groups in total. The zero-order valence-corrected chi connectivity index (χ0v) is 12.7. The van der Waals surface area contributed by atoms with E-state index in [1.807, 2.05) is 0 Å². The number of aromatic nitrogens is 1. The summed E-state index contributed by atoms with van der Waals surface area (Å²) in [6.07, 6.45) is 1.59. The van der Waals surface area contributed by atoms with Gasteiger partial charge in [-0.1, -0.05) is 12.1 Å². The Kier molecular flexibility index (Phi) is 3.73. The lowest BCUT2D eigenvalue weighted by Crippen LogP contribution is -2.25. The third kappa shape index (κ3) is 2.75. The van der Waals surface area contributed by atoms with Gasteiger partial charge in [0.15, 0.2) is 0 Å². The second-order valence-electron chi connectivity index (χ2n) is 5.31. The zero-order valence-electron chi connectivity index (χ0n) is 12.7. The van der Waals surface area contributed by atoms with E-state index in [1.54, 1.807) is 38.4 Å². The Morgan fingerprint density at radius 3 is 2.65 bits per heavy atom. The van der Waals surface area contributed by atoms with Gasteiger partial charge in [0.1, 0.15) is 17.2 Å². The van der Waals surface area contributed by atoms with Crippen LogP contribution in [0.25, 0.3) is 11.0 Å². The van der Waals surface area contributed by atoms with E-state index >= 15 is 0 Å². The van der Waals surface area contributed by atoms with Crippen LogP contribution in [-0.2, 0) is 13.6 Å². The number of pyridine rings is 1. The van der Waals surface area contributed by atoms with Crippen molar-refractivity contribution in [1.82, 2.24) is 9.88 Å². The van der Waals surface area contributed by atoms with E-state index in [1.165, 1.54) is 16.7 Å². The minimum absolute atomic E-state index is 0.234. The lowest BCUT2D eigenvalue weighted by atomic mass is 10.1. The Hall–Kier alpha value is -2.89. The second-order valence-corrected chi connectivity index (χ2v) is 5.31. The van der Waals surface area contributed by atoms with Gasteiger partial charge >= 0.3 is 0 Å². The highest BCUT2D eigenvalue weighted by molar-refractivity contribution is 6.06. The van der Waals surface area contributed by atoms with Crippen LogP contribution in [0.2, 0.25) is 0 Å². The minimum atomic E-state index is -0.395. The molecule has 3 aromatic rings. The fraction of sp³-hybridized carbons (Fsp3) is 0.176. The lowest BCUT2D eigenvalue weighted by molar-refractivity contribution is 0.0950. The monoisotopic (exact) mass is 314 g/mol. The first kappa shape index (κ1) is 15.0. The summed E-state index contributed by atoms with van der Waals surface area (Å²) in [6.45, 7) is 1.88. The van der Waals surface area contributed by atoms with Crippen LogP contribution in [0.4, 0.5) is 4.39 Å². The second kappa shape index (κ2) is 5.72. The van der Waals surface area contributed by atoms with E-state index in [9.17, 15) is 14.0 Å². The maximum atomic E-state index is 12.9. The Morgan fingerprint density at radius 1 is 1.26 bits per heavy atom. The molecule has 3 rings (SSSR count). The summed E-state index contributed by atoms with van der Waals surface area (Å²) in [5.74, 6) is -0.339. The predicted molar refractivity (Wildman–Crippen MR) is 83.8 cm³/mol. The molecule has 2 aromatic heterocycles. The number of carbonyl (C=O) groups excluding carboxylic acids is 1. The van der Waals surface area contributed by atoms with Crippen molar-refractivity contribution in [2.24, 2.45) is 7.05 Å². The maximum absolute atomic E-state index is 12.9. The fourth-order valence-electron chi connectivity index (χ4n) is 2.47. The van der Waals surface area contributed by atoms with Crippen molar-refractivity contribution in [3.8, 4) is 0 Å². The molecule has 0 unspecified atom stereocenters. The Morgan fingerprint density at radius 2 is 1.96 bits per heavy atom. The van der Waals surface area contributed by atoms with E-state index in [2.05, 4.69) is 5.32 Å². The van der Waals surface area contributed by atoms with E-state index in [0.29, 0.717) is 11.3 Å². The summed E-state index contributed by atoms with van der Waals surface area (Å²) >= 11 is 0. The molecule has 5 nitrogen and oxygen atoms in total. The molecule has 23 heavy (non-hydrogen) atoms. The molecule has 0 aliphatic heterocycles. The average Bonchev–Trinajstić information content (AvgIpc) is 2.87. The Balaban J connectivity index is 1.92. The molecule has 0 saturated carbocycles. The van der Waals surface area contributed by atoms with Gasteiger partial charge in [-0.2, -0.15) is 0 Å². The Labute approximate surface area is 131 Å². The quantitative estimate of drug-likeness (QED) is 0.808. The SMILES string of the molecule is Cc1oc2ccn(C)c(=O)c2c1C(=O)NCc1ccc(F)cc1. The number of amides is 1. The highest BCUT2D eigenvalue weighted by Gasteiger charge is 2.21. The van der Waals surface area contributed by atoms with Crippen molar-refractivity contribution >= 4 is 16.9 Å². The van der Waals surface area contributed by atoms with Crippen LogP contribution in [-0.4, -0.2) is 10.5 Å². The number of furan rings is 1. The van der Waals surface area contributed by atoms with Crippen LogP contribution in [0.3, 0.4) is 0 Å². The highest BCUT2D eigenvalue weighted by Crippen LogP contribution is 2.22. The molecule has 0 radical (unpaired) electrons. The van der Waals surface area contributed by atoms with Gasteiger partial charge in [-0.05, 0) is 30.7 Å². The van der Waals surface area contributed by atoms with Crippen LogP contribution in [0.15, 0.2) is 45.7 Å². The molecule has 0 spiro atoms. The molecule has 0 fully saturated rings. The standard InChI is InChI=1S/C17H15FN2O3/c1-10-14(15-13(23-10)7-8-20(2)17(15)22)16(21)19-9-11-3-5-12(18)6-4-11/h3-8H,9H2,1-2H3,(H,19,21). The molecule has 0 saturated heterocycles. The molecular formula is C17H15FN2O3. The van der Waals surface area contributed by atoms with E-state index < -0.39 is 5.91 Å². The van der Waals surface area contributed by atoms with Crippen molar-refractivity contribution in [2.75, 3.05) is 0 Å². The third-order valence-electron chi connectivity index (χ3n) is 3.69. The third-order valence-corrected chi connectivity index (χ3v) is 3.69. The van der Waals surface area contributed by atoms with Crippen molar-refractivity contribution < 1.29 is 13.6 Å². The smallest absolute Gasteiger partial charge is 0.262 e. The molecule has 1 aromatic carbocycles. The lowest BCUT2D eigenvalue weighted by Gasteiger charge is -2.05. The molecular weight excluding hydrogens is 299 g/mol. The number of aryl methyl sites for hydroxylation is 2. The topological polar surface area (TPSA) is 64.2 Å². The molecule has 0 aliphatic rings. The number of nitrogens with one attached hydrogen (secondary N) is 1. The van der Waals surface area contributed by atoms with E-state index in [-0.39, 0.29) is 28.9 Å². The van der Waals surface area contributed by atoms with Crippen LogP contribution < -0.4 is 10.9 Å². The first-order valence-corrected chi connectivity index (χ1v) is 7.08. The number of hydrogen-bond donors (Lipinski definition) is 1. The number of nitrogens with zero attached hydrogens (tertiary/aromatic N) is 1. The Bertz CT molecular complexity index is 939. The summed E-state index contributed by atoms with van der Waals surface area (Å²) in [6, 6.07) is 7.50. The van der Waals surface area contributed by atoms with Crippen LogP contribution in [0.5, 0.6) is 0 Å². The van der Waals surface area contributed by atoms with Gasteiger partial charge in [0, 0.05) is 19.8 Å². The van der Waals surface area contributed by atoms with Crippen molar-refractivity contribution in [1.29, 1.82) is 0 Å². The maximum Gasteiger partial charge on any atom is 0.262 e. The first-order valence-electron chi connectivity index (χ1n) is 7.08. The number of rotatable bonds is 3. The molecule has 6 heteroatoms. The normalized spacial score (nSPS) is 10.9. The van der Waals surface area contributed by atoms with Crippen LogP contribution in [0, 0.1) is 12.7 Å². The predicted octanol–water partition coefficient (Wildman–Crippen LogP) is 2.51. The number of benzene rings is 1. The number of halogens is 1. The summed E-state index contributed by atoms with van der Waals surface area (Å²) in [7, 11) is 1.62. The van der Waals surface area contributed by atoms with Gasteiger partial charge in [-0.25, -0.2) is 4.39 Å². The number of carbonyl (C=O) groups is 1. The highest BCUT2D eigenvalue weighted by atomic mass is 19.1. The molecule has 118 valence electrons. The van der Waals surface area contributed by atoms with Crippen molar-refractivity contribution in [2.45, 2.75) is 13.5 Å².